The zero-order valence-electron chi connectivity index (χ0n) is 18.2. The zero-order valence-corrected chi connectivity index (χ0v) is 18.2. The molecule has 0 aliphatic heterocycles. The quantitative estimate of drug-likeness (QED) is 0.542. The van der Waals surface area contributed by atoms with Crippen LogP contribution in [-0.4, -0.2) is 30.5 Å². The van der Waals surface area contributed by atoms with Gasteiger partial charge in [0.1, 0.15) is 11.4 Å². The summed E-state index contributed by atoms with van der Waals surface area (Å²) >= 11 is 0. The smallest absolute Gasteiger partial charge is 0.345 e. The van der Waals surface area contributed by atoms with E-state index in [9.17, 15) is 31.1 Å². The van der Waals surface area contributed by atoms with Crippen LogP contribution in [0.2, 0.25) is 0 Å². The van der Waals surface area contributed by atoms with Crippen molar-refractivity contribution < 1.29 is 31.1 Å². The predicted molar refractivity (Wildman–Crippen MR) is 107 cm³/mol. The molecule has 0 spiro atoms. The van der Waals surface area contributed by atoms with E-state index in [0.29, 0.717) is 18.3 Å². The fourth-order valence-corrected chi connectivity index (χ4v) is 2.84. The summed E-state index contributed by atoms with van der Waals surface area (Å²) in [5.74, 6) is -0.792. The molecule has 1 N–H and O–H groups in total. The van der Waals surface area contributed by atoms with Gasteiger partial charge in [0, 0.05) is 31.4 Å². The molecule has 0 fully saturated rings. The molecule has 0 aliphatic rings. The molecule has 0 bridgehead atoms. The minimum Gasteiger partial charge on any atom is -0.345 e. The van der Waals surface area contributed by atoms with Crippen LogP contribution in [0.4, 0.5) is 26.3 Å². The molecule has 0 atom stereocenters. The highest BCUT2D eigenvalue weighted by Gasteiger charge is 2.35. The molecule has 7 nitrogen and oxygen atoms in total. The number of carbonyl (C=O) groups is 1. The topological polar surface area (TPSA) is 77.6 Å². The number of hydrogen-bond acceptors (Lipinski definition) is 4. The predicted octanol–water partition coefficient (Wildman–Crippen LogP) is 4.69. The van der Waals surface area contributed by atoms with Crippen LogP contribution in [0.15, 0.2) is 30.5 Å². The Bertz CT molecular complexity index is 1100. The van der Waals surface area contributed by atoms with Crippen LogP contribution in [0.25, 0.3) is 11.3 Å². The number of aromatic nitrogens is 5. The van der Waals surface area contributed by atoms with Gasteiger partial charge in [-0.05, 0) is 25.1 Å². The number of aryl methyl sites for hydroxylation is 2. The number of alkyl halides is 6. The molecule has 0 radical (unpaired) electrons. The molecule has 0 unspecified atom stereocenters. The summed E-state index contributed by atoms with van der Waals surface area (Å²) in [6.45, 7) is 5.99. The Hall–Kier alpha value is -3.38. The highest BCUT2D eigenvalue weighted by molar-refractivity contribution is 5.92. The van der Waals surface area contributed by atoms with Crippen LogP contribution in [0.5, 0.6) is 0 Å². The summed E-state index contributed by atoms with van der Waals surface area (Å²) in [7, 11) is 1.21. The second kappa shape index (κ2) is 10.0. The summed E-state index contributed by atoms with van der Waals surface area (Å²) in [5, 5.41) is 9.99. The Balaban J connectivity index is 0.00000187. The van der Waals surface area contributed by atoms with Crippen molar-refractivity contribution in [2.45, 2.75) is 46.2 Å². The Morgan fingerprint density at radius 3 is 2.18 bits per heavy atom. The molecular formula is C20H22F6N6O. The molecule has 0 saturated heterocycles. The fraction of sp³-hybridized carbons (Fsp3) is 0.400. The molecule has 3 heterocycles. The number of hydrogen-bond donors (Lipinski definition) is 1. The van der Waals surface area contributed by atoms with Crippen molar-refractivity contribution in [2.24, 2.45) is 7.05 Å². The van der Waals surface area contributed by atoms with Gasteiger partial charge >= 0.3 is 12.4 Å². The van der Waals surface area contributed by atoms with E-state index < -0.39 is 29.6 Å². The van der Waals surface area contributed by atoms with Crippen molar-refractivity contribution in [2.75, 3.05) is 0 Å². The lowest BCUT2D eigenvalue weighted by Crippen LogP contribution is -2.26. The average Bonchev–Trinajstić information content (AvgIpc) is 3.36. The van der Waals surface area contributed by atoms with Crippen LogP contribution in [0.1, 0.15) is 48.3 Å². The van der Waals surface area contributed by atoms with Crippen LogP contribution in [-0.2, 0) is 32.5 Å². The van der Waals surface area contributed by atoms with Gasteiger partial charge in [-0.3, -0.25) is 19.1 Å². The van der Waals surface area contributed by atoms with Gasteiger partial charge in [-0.2, -0.15) is 36.5 Å². The number of nitrogens with one attached hydrogen (secondary N) is 1. The summed E-state index contributed by atoms with van der Waals surface area (Å²) in [6, 6.07) is 4.35. The number of halogens is 6. The Morgan fingerprint density at radius 2 is 1.64 bits per heavy atom. The van der Waals surface area contributed by atoms with Crippen molar-refractivity contribution >= 4 is 5.91 Å². The van der Waals surface area contributed by atoms with E-state index in [1.807, 2.05) is 13.8 Å². The molecule has 1 amide bonds. The van der Waals surface area contributed by atoms with E-state index in [1.54, 1.807) is 6.92 Å². The number of carbonyl (C=O) groups excluding carboxylic acids is 1. The average molecular weight is 476 g/mol. The monoisotopic (exact) mass is 476 g/mol. The van der Waals surface area contributed by atoms with Gasteiger partial charge < -0.3 is 5.32 Å². The van der Waals surface area contributed by atoms with E-state index in [-0.39, 0.29) is 23.5 Å². The van der Waals surface area contributed by atoms with Gasteiger partial charge in [-0.25, -0.2) is 0 Å². The van der Waals surface area contributed by atoms with Crippen molar-refractivity contribution in [3.05, 3.63) is 53.2 Å². The van der Waals surface area contributed by atoms with Crippen LogP contribution in [0, 0.1) is 0 Å². The van der Waals surface area contributed by atoms with Crippen molar-refractivity contribution in [1.29, 1.82) is 0 Å². The van der Waals surface area contributed by atoms with Crippen molar-refractivity contribution in [1.82, 2.24) is 29.9 Å². The van der Waals surface area contributed by atoms with Gasteiger partial charge in [0.15, 0.2) is 5.69 Å². The SMILES string of the molecule is CC.CCn1nc(-c2ccnc(C(F)(F)F)c2)cc1CNC(=O)c1cc(C(F)(F)F)nn1C. The lowest BCUT2D eigenvalue weighted by atomic mass is 10.1. The van der Waals surface area contributed by atoms with Crippen LogP contribution in [0.3, 0.4) is 0 Å². The second-order valence-electron chi connectivity index (χ2n) is 6.48. The van der Waals surface area contributed by atoms with Crippen LogP contribution < -0.4 is 5.32 Å². The van der Waals surface area contributed by atoms with Gasteiger partial charge in [-0.1, -0.05) is 13.8 Å². The number of rotatable bonds is 5. The maximum Gasteiger partial charge on any atom is 0.435 e. The third-order valence-electron chi connectivity index (χ3n) is 4.34. The number of nitrogens with zero attached hydrogens (tertiary/aromatic N) is 5. The van der Waals surface area contributed by atoms with Crippen molar-refractivity contribution in [3.8, 4) is 11.3 Å². The molecule has 3 aromatic heterocycles. The normalized spacial score (nSPS) is 11.7. The zero-order chi connectivity index (χ0) is 25.0. The van der Waals surface area contributed by atoms with E-state index in [0.717, 1.165) is 16.9 Å². The summed E-state index contributed by atoms with van der Waals surface area (Å²) in [5.41, 5.74) is -1.68. The van der Waals surface area contributed by atoms with E-state index >= 15 is 0 Å². The summed E-state index contributed by atoms with van der Waals surface area (Å²) in [4.78, 5) is 15.6. The second-order valence-corrected chi connectivity index (χ2v) is 6.48. The number of pyridine rings is 1. The minimum absolute atomic E-state index is 0.108. The van der Waals surface area contributed by atoms with Crippen LogP contribution >= 0.6 is 0 Å². The van der Waals surface area contributed by atoms with E-state index in [2.05, 4.69) is 20.5 Å². The summed E-state index contributed by atoms with van der Waals surface area (Å²) in [6.07, 6.45) is -8.28. The molecule has 3 aromatic rings. The van der Waals surface area contributed by atoms with Gasteiger partial charge in [0.2, 0.25) is 0 Å². The Morgan fingerprint density at radius 1 is 1.00 bits per heavy atom. The standard InChI is InChI=1S/C18H16F6N6O.C2H6/c1-3-30-11(7-12(27-30)10-4-5-25-14(6-10)17(19,20)21)9-26-16(31)13-8-15(18(22,23)24)28-29(13)2;1-2/h4-8H,3,9H2,1-2H3,(H,26,31);1-2H3. The molecule has 3 rings (SSSR count). The Kier molecular flexibility index (Phi) is 7.88. The molecule has 33 heavy (non-hydrogen) atoms. The fourth-order valence-electron chi connectivity index (χ4n) is 2.84. The van der Waals surface area contributed by atoms with E-state index in [1.165, 1.54) is 23.9 Å². The summed E-state index contributed by atoms with van der Waals surface area (Å²) < 4.78 is 79.3. The third kappa shape index (κ3) is 6.11. The Labute approximate surface area is 185 Å². The molecule has 13 heteroatoms. The third-order valence-corrected chi connectivity index (χ3v) is 4.34. The molecular weight excluding hydrogens is 454 g/mol. The molecule has 0 saturated carbocycles. The lowest BCUT2D eigenvalue weighted by Gasteiger charge is -2.07. The highest BCUT2D eigenvalue weighted by Crippen LogP contribution is 2.30. The van der Waals surface area contributed by atoms with E-state index in [4.69, 9.17) is 0 Å². The maximum atomic E-state index is 12.9. The largest absolute Gasteiger partial charge is 0.435 e. The van der Waals surface area contributed by atoms with Crippen molar-refractivity contribution in [3.63, 3.8) is 0 Å². The highest BCUT2D eigenvalue weighted by atomic mass is 19.4. The maximum absolute atomic E-state index is 12.9. The number of amides is 1. The first kappa shape index (κ1) is 25.9. The van der Waals surface area contributed by atoms with Gasteiger partial charge in [-0.15, -0.1) is 0 Å². The first-order valence-corrected chi connectivity index (χ1v) is 9.90. The minimum atomic E-state index is -4.69. The first-order chi connectivity index (χ1) is 15.4. The molecule has 0 aliphatic carbocycles. The lowest BCUT2D eigenvalue weighted by molar-refractivity contribution is -0.142. The molecule has 180 valence electrons. The van der Waals surface area contributed by atoms with Gasteiger partial charge in [0.25, 0.3) is 5.91 Å². The van der Waals surface area contributed by atoms with Gasteiger partial charge in [0.05, 0.1) is 17.9 Å². The molecule has 0 aromatic carbocycles. The first-order valence-electron chi connectivity index (χ1n) is 9.90.